The molecule has 0 amide bonds. The highest BCUT2D eigenvalue weighted by atomic mass is 79.9. The predicted octanol–water partition coefficient (Wildman–Crippen LogP) is 2.98. The zero-order valence-electron chi connectivity index (χ0n) is 7.94. The largest absolute Gasteiger partial charge is 0.271 e. The maximum absolute atomic E-state index is 4.44. The van der Waals surface area contributed by atoms with Crippen molar-refractivity contribution in [3.05, 3.63) is 42.1 Å². The molecular weight excluding hydrogens is 240 g/mol. The van der Waals surface area contributed by atoms with Crippen molar-refractivity contribution in [3.63, 3.8) is 0 Å². The normalized spacial score (nSPS) is 10.4. The van der Waals surface area contributed by atoms with Crippen LogP contribution in [0.1, 0.15) is 5.69 Å². The van der Waals surface area contributed by atoms with Gasteiger partial charge in [-0.05, 0) is 6.07 Å². The summed E-state index contributed by atoms with van der Waals surface area (Å²) in [5, 5.41) is 5.28. The third kappa shape index (κ3) is 1.73. The van der Waals surface area contributed by atoms with Gasteiger partial charge in [0.2, 0.25) is 0 Å². The van der Waals surface area contributed by atoms with Crippen molar-refractivity contribution >= 4 is 15.9 Å². The summed E-state index contributed by atoms with van der Waals surface area (Å²) in [6, 6.07) is 12.3. The molecule has 0 radical (unpaired) electrons. The van der Waals surface area contributed by atoms with E-state index in [1.807, 2.05) is 29.9 Å². The van der Waals surface area contributed by atoms with Gasteiger partial charge in [-0.25, -0.2) is 0 Å². The lowest BCUT2D eigenvalue weighted by Gasteiger charge is -1.93. The Kier molecular flexibility index (Phi) is 2.68. The smallest absolute Gasteiger partial charge is 0.0926 e. The monoisotopic (exact) mass is 250 g/mol. The van der Waals surface area contributed by atoms with E-state index in [0.717, 1.165) is 16.6 Å². The van der Waals surface area contributed by atoms with Gasteiger partial charge in [0.05, 0.1) is 5.69 Å². The van der Waals surface area contributed by atoms with Crippen molar-refractivity contribution in [3.8, 4) is 11.3 Å². The van der Waals surface area contributed by atoms with E-state index in [0.29, 0.717) is 0 Å². The maximum Gasteiger partial charge on any atom is 0.0926 e. The predicted molar refractivity (Wildman–Crippen MR) is 61.3 cm³/mol. The van der Waals surface area contributed by atoms with Gasteiger partial charge in [-0.1, -0.05) is 46.3 Å². The molecule has 3 heteroatoms. The molecule has 0 atom stereocenters. The summed E-state index contributed by atoms with van der Waals surface area (Å²) in [4.78, 5) is 0. The van der Waals surface area contributed by atoms with Crippen LogP contribution in [0.2, 0.25) is 0 Å². The van der Waals surface area contributed by atoms with E-state index in [1.54, 1.807) is 0 Å². The van der Waals surface area contributed by atoms with Gasteiger partial charge in [-0.3, -0.25) is 4.68 Å². The van der Waals surface area contributed by atoms with Crippen molar-refractivity contribution in [2.75, 3.05) is 0 Å². The molecule has 2 nitrogen and oxygen atoms in total. The van der Waals surface area contributed by atoms with Crippen LogP contribution in [0.15, 0.2) is 36.4 Å². The van der Waals surface area contributed by atoms with Crippen LogP contribution in [0.4, 0.5) is 0 Å². The Labute approximate surface area is 91.7 Å². The number of alkyl halides is 1. The standard InChI is InChI=1S/C11H11BrN2/c1-14-10(8-12)7-11(13-14)9-5-3-2-4-6-9/h2-7H,8H2,1H3. The van der Waals surface area contributed by atoms with Crippen LogP contribution in [0.25, 0.3) is 11.3 Å². The molecule has 0 spiro atoms. The number of nitrogens with zero attached hydrogens (tertiary/aromatic N) is 2. The fraction of sp³-hybridized carbons (Fsp3) is 0.182. The molecule has 0 unspecified atom stereocenters. The molecule has 0 saturated carbocycles. The lowest BCUT2D eigenvalue weighted by molar-refractivity contribution is 0.740. The van der Waals surface area contributed by atoms with Crippen molar-refractivity contribution in [1.82, 2.24) is 9.78 Å². The SMILES string of the molecule is Cn1nc(-c2ccccc2)cc1CBr. The molecule has 72 valence electrons. The van der Waals surface area contributed by atoms with Crippen LogP contribution in [0.5, 0.6) is 0 Å². The highest BCUT2D eigenvalue weighted by molar-refractivity contribution is 9.08. The van der Waals surface area contributed by atoms with Gasteiger partial charge in [0.25, 0.3) is 0 Å². The first-order valence-electron chi connectivity index (χ1n) is 4.45. The molecule has 2 aromatic rings. The Morgan fingerprint density at radius 3 is 2.57 bits per heavy atom. The maximum atomic E-state index is 4.44. The number of rotatable bonds is 2. The Hall–Kier alpha value is -1.09. The van der Waals surface area contributed by atoms with Crippen LogP contribution >= 0.6 is 15.9 Å². The van der Waals surface area contributed by atoms with Crippen LogP contribution in [0, 0.1) is 0 Å². The average molecular weight is 251 g/mol. The minimum atomic E-state index is 0.837. The van der Waals surface area contributed by atoms with Crippen molar-refractivity contribution in [2.45, 2.75) is 5.33 Å². The van der Waals surface area contributed by atoms with E-state index in [-0.39, 0.29) is 0 Å². The molecule has 0 aliphatic rings. The number of aryl methyl sites for hydroxylation is 1. The third-order valence-corrected chi connectivity index (χ3v) is 2.76. The molecule has 0 fully saturated rings. The van der Waals surface area contributed by atoms with Gasteiger partial charge in [0.15, 0.2) is 0 Å². The summed E-state index contributed by atoms with van der Waals surface area (Å²) in [7, 11) is 1.96. The third-order valence-electron chi connectivity index (χ3n) is 2.18. The van der Waals surface area contributed by atoms with E-state index in [4.69, 9.17) is 0 Å². The quantitative estimate of drug-likeness (QED) is 0.750. The summed E-state index contributed by atoms with van der Waals surface area (Å²) >= 11 is 3.43. The van der Waals surface area contributed by atoms with Crippen LogP contribution in [-0.2, 0) is 12.4 Å². The van der Waals surface area contributed by atoms with E-state index < -0.39 is 0 Å². The second-order valence-corrected chi connectivity index (χ2v) is 3.70. The Morgan fingerprint density at radius 1 is 1.29 bits per heavy atom. The number of halogens is 1. The van der Waals surface area contributed by atoms with Crippen molar-refractivity contribution < 1.29 is 0 Å². The minimum absolute atomic E-state index is 0.837. The van der Waals surface area contributed by atoms with Crippen LogP contribution in [-0.4, -0.2) is 9.78 Å². The molecule has 0 aliphatic carbocycles. The molecule has 2 rings (SSSR count). The number of benzene rings is 1. The van der Waals surface area contributed by atoms with Crippen molar-refractivity contribution in [1.29, 1.82) is 0 Å². The topological polar surface area (TPSA) is 17.8 Å². The Morgan fingerprint density at radius 2 is 2.00 bits per heavy atom. The number of aromatic nitrogens is 2. The molecular formula is C11H11BrN2. The van der Waals surface area contributed by atoms with Crippen molar-refractivity contribution in [2.24, 2.45) is 7.05 Å². The molecule has 14 heavy (non-hydrogen) atoms. The van der Waals surface area contributed by atoms with E-state index in [9.17, 15) is 0 Å². The van der Waals surface area contributed by atoms with Crippen LogP contribution < -0.4 is 0 Å². The van der Waals surface area contributed by atoms with Crippen LogP contribution in [0.3, 0.4) is 0 Å². The van der Waals surface area contributed by atoms with Gasteiger partial charge in [-0.15, -0.1) is 0 Å². The van der Waals surface area contributed by atoms with Gasteiger partial charge < -0.3 is 0 Å². The molecule has 1 heterocycles. The lowest BCUT2D eigenvalue weighted by atomic mass is 10.1. The second kappa shape index (κ2) is 3.96. The second-order valence-electron chi connectivity index (χ2n) is 3.14. The number of hydrogen-bond acceptors (Lipinski definition) is 1. The Balaban J connectivity index is 2.43. The first kappa shape index (κ1) is 9.46. The molecule has 0 saturated heterocycles. The number of hydrogen-bond donors (Lipinski definition) is 0. The highest BCUT2D eigenvalue weighted by Crippen LogP contribution is 2.19. The molecule has 0 N–H and O–H groups in total. The highest BCUT2D eigenvalue weighted by Gasteiger charge is 2.04. The van der Waals surface area contributed by atoms with Gasteiger partial charge in [0.1, 0.15) is 0 Å². The summed E-state index contributed by atoms with van der Waals surface area (Å²) in [5.41, 5.74) is 3.38. The molecule has 1 aromatic carbocycles. The zero-order chi connectivity index (χ0) is 9.97. The molecule has 1 aromatic heterocycles. The van der Waals surface area contributed by atoms with Gasteiger partial charge >= 0.3 is 0 Å². The first-order chi connectivity index (χ1) is 6.81. The summed E-state index contributed by atoms with van der Waals surface area (Å²) < 4.78 is 1.90. The average Bonchev–Trinajstić information content (AvgIpc) is 2.61. The summed E-state index contributed by atoms with van der Waals surface area (Å²) in [5.74, 6) is 0. The lowest BCUT2D eigenvalue weighted by Crippen LogP contribution is -1.94. The fourth-order valence-electron chi connectivity index (χ4n) is 1.38. The molecule has 0 bridgehead atoms. The summed E-state index contributed by atoms with van der Waals surface area (Å²) in [6.45, 7) is 0. The molecule has 0 aliphatic heterocycles. The Bertz CT molecular complexity index is 420. The summed E-state index contributed by atoms with van der Waals surface area (Å²) in [6.07, 6.45) is 0. The van der Waals surface area contributed by atoms with Gasteiger partial charge in [0, 0.05) is 23.6 Å². The van der Waals surface area contributed by atoms with Gasteiger partial charge in [-0.2, -0.15) is 5.10 Å². The van der Waals surface area contributed by atoms with E-state index in [1.165, 1.54) is 5.69 Å². The zero-order valence-corrected chi connectivity index (χ0v) is 9.53. The fourth-order valence-corrected chi connectivity index (χ4v) is 1.91. The van der Waals surface area contributed by atoms with E-state index in [2.05, 4.69) is 39.2 Å². The first-order valence-corrected chi connectivity index (χ1v) is 5.57. The minimum Gasteiger partial charge on any atom is -0.271 e. The van der Waals surface area contributed by atoms with E-state index >= 15 is 0 Å².